The van der Waals surface area contributed by atoms with E-state index in [2.05, 4.69) is 5.32 Å². The summed E-state index contributed by atoms with van der Waals surface area (Å²) in [4.78, 5) is 11.8. The molecule has 2 aromatic carbocycles. The van der Waals surface area contributed by atoms with Crippen LogP contribution in [0.5, 0.6) is 5.75 Å². The molecule has 23 heavy (non-hydrogen) atoms. The fourth-order valence-electron chi connectivity index (χ4n) is 1.82. The number of carbonyl (C=O) groups is 1. The van der Waals surface area contributed by atoms with Gasteiger partial charge >= 0.3 is 0 Å². The molecule has 0 aliphatic rings. The number of rotatable bonds is 7. The molecule has 0 atom stereocenters. The van der Waals surface area contributed by atoms with E-state index >= 15 is 0 Å². The summed E-state index contributed by atoms with van der Waals surface area (Å²) in [5.41, 5.74) is 1.97. The monoisotopic (exact) mass is 369 g/mol. The quantitative estimate of drug-likeness (QED) is 0.693. The van der Waals surface area contributed by atoms with E-state index in [1.807, 2.05) is 31.2 Å². The fraction of sp³-hybridized carbons (Fsp3) is 0.235. The van der Waals surface area contributed by atoms with Crippen LogP contribution in [0.25, 0.3) is 0 Å². The number of carbonyl (C=O) groups excluding carboxylic acids is 1. The lowest BCUT2D eigenvalue weighted by Gasteiger charge is -2.09. The lowest BCUT2D eigenvalue weighted by molar-refractivity contribution is -0.113. The van der Waals surface area contributed by atoms with Gasteiger partial charge in [0.25, 0.3) is 0 Å². The van der Waals surface area contributed by atoms with Crippen molar-refractivity contribution in [2.24, 2.45) is 0 Å². The molecule has 122 valence electrons. The van der Waals surface area contributed by atoms with Gasteiger partial charge in [-0.1, -0.05) is 47.0 Å². The molecule has 1 amide bonds. The highest BCUT2D eigenvalue weighted by Crippen LogP contribution is 2.32. The predicted molar refractivity (Wildman–Crippen MR) is 99.1 cm³/mol. The van der Waals surface area contributed by atoms with Crippen LogP contribution in [0.2, 0.25) is 10.0 Å². The summed E-state index contributed by atoms with van der Waals surface area (Å²) in [6, 6.07) is 12.9. The van der Waals surface area contributed by atoms with Gasteiger partial charge in [0.2, 0.25) is 5.91 Å². The van der Waals surface area contributed by atoms with Crippen LogP contribution in [-0.2, 0) is 4.79 Å². The molecule has 6 heteroatoms. The predicted octanol–water partition coefficient (Wildman–Crippen LogP) is 5.05. The largest absolute Gasteiger partial charge is 0.490 e. The maximum atomic E-state index is 11.8. The minimum Gasteiger partial charge on any atom is -0.490 e. The Bertz CT molecular complexity index is 642. The number of nitrogens with one attached hydrogen (secondary N) is 1. The number of hydrogen-bond acceptors (Lipinski definition) is 3. The van der Waals surface area contributed by atoms with E-state index in [-0.39, 0.29) is 5.91 Å². The van der Waals surface area contributed by atoms with E-state index in [1.54, 1.807) is 18.2 Å². The summed E-state index contributed by atoms with van der Waals surface area (Å²) in [6.07, 6.45) is 0. The third-order valence-corrected chi connectivity index (χ3v) is 4.48. The van der Waals surface area contributed by atoms with Crippen molar-refractivity contribution >= 4 is 46.6 Å². The number of amides is 1. The van der Waals surface area contributed by atoms with Gasteiger partial charge in [0.1, 0.15) is 0 Å². The number of ether oxygens (including phenoxy) is 1. The Kier molecular flexibility index (Phi) is 7.09. The molecule has 2 aromatic rings. The van der Waals surface area contributed by atoms with Crippen molar-refractivity contribution in [1.82, 2.24) is 0 Å². The van der Waals surface area contributed by atoms with Gasteiger partial charge in [-0.15, -0.1) is 11.8 Å². The first kappa shape index (κ1) is 18.0. The molecule has 1 N–H and O–H groups in total. The van der Waals surface area contributed by atoms with Crippen LogP contribution in [0.3, 0.4) is 0 Å². The van der Waals surface area contributed by atoms with Gasteiger partial charge in [0, 0.05) is 11.4 Å². The highest BCUT2D eigenvalue weighted by Gasteiger charge is 2.07. The van der Waals surface area contributed by atoms with Gasteiger partial charge in [-0.25, -0.2) is 0 Å². The number of halogens is 2. The van der Waals surface area contributed by atoms with Crippen LogP contribution in [0, 0.1) is 6.92 Å². The SMILES string of the molecule is Cc1ccc(NC(=O)CSCCOc2c(Cl)cccc2Cl)cc1. The standard InChI is InChI=1S/C17H17Cl2NO2S/c1-12-5-7-13(8-6-12)20-16(21)11-23-10-9-22-17-14(18)3-2-4-15(17)19/h2-8H,9-11H2,1H3,(H,20,21). The Balaban J connectivity index is 1.67. The molecule has 0 bridgehead atoms. The molecule has 0 saturated heterocycles. The van der Waals surface area contributed by atoms with Crippen molar-refractivity contribution < 1.29 is 9.53 Å². The lowest BCUT2D eigenvalue weighted by Crippen LogP contribution is -2.15. The molecule has 0 aromatic heterocycles. The number of thioether (sulfide) groups is 1. The highest BCUT2D eigenvalue weighted by molar-refractivity contribution is 7.99. The average molecular weight is 370 g/mol. The smallest absolute Gasteiger partial charge is 0.234 e. The lowest BCUT2D eigenvalue weighted by atomic mass is 10.2. The van der Waals surface area contributed by atoms with Gasteiger partial charge in [-0.2, -0.15) is 0 Å². The minimum atomic E-state index is -0.0328. The van der Waals surface area contributed by atoms with Crippen LogP contribution in [0.1, 0.15) is 5.56 Å². The first-order chi connectivity index (χ1) is 11.1. The van der Waals surface area contributed by atoms with Crippen LogP contribution in [0.4, 0.5) is 5.69 Å². The molecular formula is C17H17Cl2NO2S. The van der Waals surface area contributed by atoms with Gasteiger partial charge in [0.05, 0.1) is 22.4 Å². The molecule has 2 rings (SSSR count). The average Bonchev–Trinajstić information content (AvgIpc) is 2.52. The molecule has 0 aliphatic heterocycles. The van der Waals surface area contributed by atoms with Crippen LogP contribution in [0.15, 0.2) is 42.5 Å². The number of hydrogen-bond donors (Lipinski definition) is 1. The Morgan fingerprint density at radius 3 is 2.43 bits per heavy atom. The Labute approximate surface area is 150 Å². The summed E-state index contributed by atoms with van der Waals surface area (Å²) in [7, 11) is 0. The summed E-state index contributed by atoms with van der Waals surface area (Å²) < 4.78 is 5.56. The summed E-state index contributed by atoms with van der Waals surface area (Å²) in [5.74, 6) is 1.49. The Morgan fingerprint density at radius 1 is 1.13 bits per heavy atom. The van der Waals surface area contributed by atoms with Crippen LogP contribution in [-0.4, -0.2) is 24.0 Å². The maximum Gasteiger partial charge on any atom is 0.234 e. The number of anilines is 1. The van der Waals surface area contributed by atoms with Gasteiger partial charge < -0.3 is 10.1 Å². The van der Waals surface area contributed by atoms with E-state index in [0.29, 0.717) is 33.9 Å². The minimum absolute atomic E-state index is 0.0328. The van der Waals surface area contributed by atoms with Crippen molar-refractivity contribution in [3.05, 3.63) is 58.1 Å². The van der Waals surface area contributed by atoms with Gasteiger partial charge in [-0.3, -0.25) is 4.79 Å². The van der Waals surface area contributed by atoms with E-state index in [9.17, 15) is 4.79 Å². The molecule has 0 fully saturated rings. The first-order valence-electron chi connectivity index (χ1n) is 7.07. The maximum absolute atomic E-state index is 11.8. The van der Waals surface area contributed by atoms with Crippen molar-refractivity contribution in [2.75, 3.05) is 23.4 Å². The molecule has 0 saturated carbocycles. The molecular weight excluding hydrogens is 353 g/mol. The summed E-state index contributed by atoms with van der Waals surface area (Å²) >= 11 is 13.5. The molecule has 0 aliphatic carbocycles. The highest BCUT2D eigenvalue weighted by atomic mass is 35.5. The Morgan fingerprint density at radius 2 is 1.78 bits per heavy atom. The molecule has 0 heterocycles. The zero-order valence-corrected chi connectivity index (χ0v) is 15.0. The molecule has 0 unspecified atom stereocenters. The molecule has 0 spiro atoms. The molecule has 3 nitrogen and oxygen atoms in total. The third-order valence-electron chi connectivity index (χ3n) is 2.96. The van der Waals surface area contributed by atoms with E-state index in [1.165, 1.54) is 11.8 Å². The van der Waals surface area contributed by atoms with Gasteiger partial charge in [-0.05, 0) is 31.2 Å². The van der Waals surface area contributed by atoms with E-state index in [4.69, 9.17) is 27.9 Å². The second-order valence-electron chi connectivity index (χ2n) is 4.87. The third kappa shape index (κ3) is 5.98. The van der Waals surface area contributed by atoms with Gasteiger partial charge in [0.15, 0.2) is 5.75 Å². The summed E-state index contributed by atoms with van der Waals surface area (Å²) in [5, 5.41) is 3.82. The van der Waals surface area contributed by atoms with E-state index in [0.717, 1.165) is 11.3 Å². The van der Waals surface area contributed by atoms with Crippen molar-refractivity contribution in [3.63, 3.8) is 0 Å². The van der Waals surface area contributed by atoms with Crippen LogP contribution < -0.4 is 10.1 Å². The second-order valence-corrected chi connectivity index (χ2v) is 6.79. The number of para-hydroxylation sites is 1. The normalized spacial score (nSPS) is 10.4. The van der Waals surface area contributed by atoms with Crippen molar-refractivity contribution in [1.29, 1.82) is 0 Å². The van der Waals surface area contributed by atoms with Crippen molar-refractivity contribution in [3.8, 4) is 5.75 Å². The van der Waals surface area contributed by atoms with Crippen LogP contribution >= 0.6 is 35.0 Å². The Hall–Kier alpha value is -1.36. The molecule has 0 radical (unpaired) electrons. The second kappa shape index (κ2) is 9.06. The number of benzene rings is 2. The topological polar surface area (TPSA) is 38.3 Å². The van der Waals surface area contributed by atoms with Crippen molar-refractivity contribution in [2.45, 2.75) is 6.92 Å². The zero-order valence-electron chi connectivity index (χ0n) is 12.6. The summed E-state index contributed by atoms with van der Waals surface area (Å²) in [6.45, 7) is 2.44. The fourth-order valence-corrected chi connectivity index (χ4v) is 2.93. The van der Waals surface area contributed by atoms with E-state index < -0.39 is 0 Å². The zero-order chi connectivity index (χ0) is 16.7. The first-order valence-corrected chi connectivity index (χ1v) is 8.98. The number of aryl methyl sites for hydroxylation is 1.